The zero-order valence-electron chi connectivity index (χ0n) is 8.42. The maximum atomic E-state index is 11.1. The Kier molecular flexibility index (Phi) is 2.11. The van der Waals surface area contributed by atoms with Crippen molar-refractivity contribution in [1.29, 1.82) is 0 Å². The normalized spacial score (nSPS) is 10.8. The van der Waals surface area contributed by atoms with Crippen molar-refractivity contribution in [2.24, 2.45) is 0 Å². The summed E-state index contributed by atoms with van der Waals surface area (Å²) in [6.45, 7) is 5.68. The van der Waals surface area contributed by atoms with Gasteiger partial charge in [0.05, 0.1) is 10.2 Å². The molecule has 0 aliphatic rings. The molecular formula is C11H11NOS. The Balaban J connectivity index is 2.72. The predicted molar refractivity (Wildman–Crippen MR) is 59.1 cm³/mol. The van der Waals surface area contributed by atoms with Crippen LogP contribution in [-0.4, -0.2) is 10.8 Å². The predicted octanol–water partition coefficient (Wildman–Crippen LogP) is 3.12. The van der Waals surface area contributed by atoms with Crippen molar-refractivity contribution in [2.75, 3.05) is 0 Å². The van der Waals surface area contributed by atoms with Crippen LogP contribution in [0.15, 0.2) is 12.1 Å². The van der Waals surface area contributed by atoms with Crippen LogP contribution in [0.5, 0.6) is 0 Å². The van der Waals surface area contributed by atoms with Gasteiger partial charge in [0, 0.05) is 6.92 Å². The molecule has 0 radical (unpaired) electrons. The second kappa shape index (κ2) is 3.17. The summed E-state index contributed by atoms with van der Waals surface area (Å²) in [6.07, 6.45) is 0. The van der Waals surface area contributed by atoms with Gasteiger partial charge in [-0.05, 0) is 37.1 Å². The van der Waals surface area contributed by atoms with Gasteiger partial charge in [0.2, 0.25) is 0 Å². The van der Waals surface area contributed by atoms with Crippen molar-refractivity contribution < 1.29 is 4.79 Å². The van der Waals surface area contributed by atoms with E-state index in [1.54, 1.807) is 6.92 Å². The molecular weight excluding hydrogens is 194 g/mol. The lowest BCUT2D eigenvalue weighted by atomic mass is 10.1. The molecule has 0 saturated heterocycles. The molecule has 0 saturated carbocycles. The third-order valence-electron chi connectivity index (χ3n) is 2.31. The van der Waals surface area contributed by atoms with E-state index in [9.17, 15) is 4.79 Å². The molecule has 14 heavy (non-hydrogen) atoms. The van der Waals surface area contributed by atoms with E-state index < -0.39 is 0 Å². The number of carbonyl (C=O) groups excluding carboxylic acids is 1. The van der Waals surface area contributed by atoms with Gasteiger partial charge in [-0.25, -0.2) is 4.98 Å². The molecule has 3 heteroatoms. The largest absolute Gasteiger partial charge is 0.292 e. The number of ketones is 1. The summed E-state index contributed by atoms with van der Waals surface area (Å²) in [6, 6.07) is 4.13. The summed E-state index contributed by atoms with van der Waals surface area (Å²) in [7, 11) is 0. The first-order valence-electron chi connectivity index (χ1n) is 4.46. The summed E-state index contributed by atoms with van der Waals surface area (Å²) in [5.41, 5.74) is 3.40. The standard InChI is InChI=1S/C11H11NOS/c1-6-4-9-10(5-7(6)2)14-11(12-9)8(3)13/h4-5H,1-3H3. The number of thiazole rings is 1. The van der Waals surface area contributed by atoms with E-state index in [-0.39, 0.29) is 5.78 Å². The molecule has 0 fully saturated rings. The van der Waals surface area contributed by atoms with Gasteiger partial charge in [-0.3, -0.25) is 4.79 Å². The molecule has 0 aliphatic carbocycles. The maximum Gasteiger partial charge on any atom is 0.188 e. The summed E-state index contributed by atoms with van der Waals surface area (Å²) < 4.78 is 1.10. The minimum absolute atomic E-state index is 0.0431. The molecule has 0 spiro atoms. The fraction of sp³-hybridized carbons (Fsp3) is 0.273. The first-order valence-corrected chi connectivity index (χ1v) is 5.28. The summed E-state index contributed by atoms with van der Waals surface area (Å²) in [5, 5.41) is 0.602. The zero-order valence-corrected chi connectivity index (χ0v) is 9.23. The van der Waals surface area contributed by atoms with E-state index in [2.05, 4.69) is 24.9 Å². The number of hydrogen-bond donors (Lipinski definition) is 0. The van der Waals surface area contributed by atoms with Gasteiger partial charge in [-0.15, -0.1) is 11.3 Å². The number of fused-ring (bicyclic) bond motifs is 1. The van der Waals surface area contributed by atoms with E-state index in [4.69, 9.17) is 0 Å². The van der Waals surface area contributed by atoms with Gasteiger partial charge >= 0.3 is 0 Å². The Labute approximate surface area is 86.6 Å². The highest BCUT2D eigenvalue weighted by Gasteiger charge is 2.08. The number of aromatic nitrogens is 1. The molecule has 0 aliphatic heterocycles. The lowest BCUT2D eigenvalue weighted by molar-refractivity contribution is 0.101. The monoisotopic (exact) mass is 205 g/mol. The molecule has 0 unspecified atom stereocenters. The maximum absolute atomic E-state index is 11.1. The van der Waals surface area contributed by atoms with Crippen LogP contribution in [0, 0.1) is 13.8 Å². The topological polar surface area (TPSA) is 30.0 Å². The Bertz CT molecular complexity index is 474. The molecule has 1 aromatic heterocycles. The quantitative estimate of drug-likeness (QED) is 0.669. The summed E-state index contributed by atoms with van der Waals surface area (Å²) in [5.74, 6) is 0.0431. The first kappa shape index (κ1) is 9.34. The molecule has 0 atom stereocenters. The minimum Gasteiger partial charge on any atom is -0.292 e. The van der Waals surface area contributed by atoms with E-state index in [0.29, 0.717) is 5.01 Å². The van der Waals surface area contributed by atoms with Crippen molar-refractivity contribution in [1.82, 2.24) is 4.98 Å². The van der Waals surface area contributed by atoms with Crippen LogP contribution in [0.4, 0.5) is 0 Å². The van der Waals surface area contributed by atoms with Crippen LogP contribution >= 0.6 is 11.3 Å². The lowest BCUT2D eigenvalue weighted by Crippen LogP contribution is -1.88. The second-order valence-electron chi connectivity index (χ2n) is 3.48. The number of aryl methyl sites for hydroxylation is 2. The number of rotatable bonds is 1. The number of hydrogen-bond acceptors (Lipinski definition) is 3. The highest BCUT2D eigenvalue weighted by Crippen LogP contribution is 2.25. The first-order chi connectivity index (χ1) is 6.58. The number of Topliss-reactive ketones (excluding diaryl/α,β-unsaturated/α-hetero) is 1. The highest BCUT2D eigenvalue weighted by molar-refractivity contribution is 7.20. The van der Waals surface area contributed by atoms with Crippen LogP contribution in [-0.2, 0) is 0 Å². The Morgan fingerprint density at radius 2 is 1.93 bits per heavy atom. The lowest BCUT2D eigenvalue weighted by Gasteiger charge is -1.96. The Hall–Kier alpha value is -1.22. The van der Waals surface area contributed by atoms with E-state index in [0.717, 1.165) is 10.2 Å². The van der Waals surface area contributed by atoms with Gasteiger partial charge in [0.15, 0.2) is 10.8 Å². The second-order valence-corrected chi connectivity index (χ2v) is 4.51. The molecule has 72 valence electrons. The Morgan fingerprint density at radius 3 is 2.57 bits per heavy atom. The molecule has 0 amide bonds. The molecule has 1 aromatic carbocycles. The number of carbonyl (C=O) groups is 1. The van der Waals surface area contributed by atoms with Gasteiger partial charge in [-0.2, -0.15) is 0 Å². The fourth-order valence-electron chi connectivity index (χ4n) is 1.33. The summed E-state index contributed by atoms with van der Waals surface area (Å²) in [4.78, 5) is 15.4. The molecule has 2 rings (SSSR count). The van der Waals surface area contributed by atoms with Crippen molar-refractivity contribution in [3.05, 3.63) is 28.3 Å². The van der Waals surface area contributed by atoms with Crippen LogP contribution in [0.1, 0.15) is 27.9 Å². The smallest absolute Gasteiger partial charge is 0.188 e. The van der Waals surface area contributed by atoms with E-state index in [1.807, 2.05) is 6.07 Å². The number of benzene rings is 1. The van der Waals surface area contributed by atoms with Crippen molar-refractivity contribution in [3.63, 3.8) is 0 Å². The SMILES string of the molecule is CC(=O)c1nc2cc(C)c(C)cc2s1. The van der Waals surface area contributed by atoms with Crippen molar-refractivity contribution in [3.8, 4) is 0 Å². The fourth-order valence-corrected chi connectivity index (χ4v) is 2.27. The zero-order chi connectivity index (χ0) is 10.3. The van der Waals surface area contributed by atoms with Gasteiger partial charge < -0.3 is 0 Å². The number of nitrogens with zero attached hydrogens (tertiary/aromatic N) is 1. The average Bonchev–Trinajstić information content (AvgIpc) is 2.48. The van der Waals surface area contributed by atoms with Crippen molar-refractivity contribution in [2.45, 2.75) is 20.8 Å². The highest BCUT2D eigenvalue weighted by atomic mass is 32.1. The molecule has 1 heterocycles. The molecule has 2 nitrogen and oxygen atoms in total. The van der Waals surface area contributed by atoms with Crippen LogP contribution in [0.3, 0.4) is 0 Å². The van der Waals surface area contributed by atoms with Crippen LogP contribution < -0.4 is 0 Å². The molecule has 0 bridgehead atoms. The van der Waals surface area contributed by atoms with Gasteiger partial charge in [-0.1, -0.05) is 0 Å². The van der Waals surface area contributed by atoms with E-state index >= 15 is 0 Å². The molecule has 0 N–H and O–H groups in total. The van der Waals surface area contributed by atoms with Crippen molar-refractivity contribution >= 4 is 27.3 Å². The minimum atomic E-state index is 0.0431. The third-order valence-corrected chi connectivity index (χ3v) is 3.42. The van der Waals surface area contributed by atoms with Crippen LogP contribution in [0.2, 0.25) is 0 Å². The van der Waals surface area contributed by atoms with Crippen LogP contribution in [0.25, 0.3) is 10.2 Å². The average molecular weight is 205 g/mol. The van der Waals surface area contributed by atoms with Gasteiger partial charge in [0.25, 0.3) is 0 Å². The molecule has 2 aromatic rings. The van der Waals surface area contributed by atoms with E-state index in [1.165, 1.54) is 22.5 Å². The Morgan fingerprint density at radius 1 is 1.29 bits per heavy atom. The summed E-state index contributed by atoms with van der Waals surface area (Å²) >= 11 is 1.47. The third kappa shape index (κ3) is 1.44. The van der Waals surface area contributed by atoms with Gasteiger partial charge in [0.1, 0.15) is 0 Å².